The molecule has 2 saturated heterocycles. The fraction of sp³-hybridized carbons (Fsp3) is 0.448. The molecular weight excluding hydrogens is 376 g/mol. The lowest BCUT2D eigenvalue weighted by Gasteiger charge is -2.37. The van der Waals surface area contributed by atoms with Crippen LogP contribution in [0, 0.1) is 11.8 Å². The Morgan fingerprint density at radius 2 is 0.968 bits per heavy atom. The summed E-state index contributed by atoms with van der Waals surface area (Å²) in [6, 6.07) is 17.7. The minimum absolute atomic E-state index is 0.933. The van der Waals surface area contributed by atoms with Gasteiger partial charge in [-0.1, -0.05) is 73.8 Å². The predicted octanol–water partition coefficient (Wildman–Crippen LogP) is 6.49. The number of hydrogen-bond acceptors (Lipinski definition) is 2. The van der Waals surface area contributed by atoms with Crippen molar-refractivity contribution in [2.45, 2.75) is 45.2 Å². The average Bonchev–Trinajstić information content (AvgIpc) is 2.82. The Morgan fingerprint density at radius 1 is 0.613 bits per heavy atom. The first-order valence-electron chi connectivity index (χ1n) is 12.1. The zero-order valence-electron chi connectivity index (χ0n) is 19.0. The molecule has 2 heterocycles. The van der Waals surface area contributed by atoms with Crippen LogP contribution in [0.4, 0.5) is 0 Å². The minimum atomic E-state index is 0.933. The highest BCUT2D eigenvalue weighted by molar-refractivity contribution is 5.47. The van der Waals surface area contributed by atoms with Crippen molar-refractivity contribution in [2.24, 2.45) is 11.8 Å². The second-order valence-electron chi connectivity index (χ2n) is 9.57. The van der Waals surface area contributed by atoms with Gasteiger partial charge in [0.05, 0.1) is 0 Å². The van der Waals surface area contributed by atoms with Crippen LogP contribution in [0.25, 0.3) is 12.2 Å². The first kappa shape index (κ1) is 22.0. The Balaban J connectivity index is 1.15. The van der Waals surface area contributed by atoms with Crippen LogP contribution >= 0.6 is 0 Å². The quantitative estimate of drug-likeness (QED) is 0.487. The van der Waals surface area contributed by atoms with Crippen LogP contribution in [-0.2, 0) is 13.1 Å². The third kappa shape index (κ3) is 6.41. The molecule has 0 atom stereocenters. The summed E-state index contributed by atoms with van der Waals surface area (Å²) in [4.78, 5) is 5.28. The summed E-state index contributed by atoms with van der Waals surface area (Å²) in [5.74, 6) is 1.87. The summed E-state index contributed by atoms with van der Waals surface area (Å²) in [7, 11) is 0. The van der Waals surface area contributed by atoms with E-state index in [4.69, 9.17) is 0 Å². The summed E-state index contributed by atoms with van der Waals surface area (Å²) >= 11 is 0. The Labute approximate surface area is 189 Å². The van der Waals surface area contributed by atoms with Crippen molar-refractivity contribution in [3.8, 4) is 0 Å². The van der Waals surface area contributed by atoms with Gasteiger partial charge in [-0.05, 0) is 92.4 Å². The molecule has 2 aliphatic rings. The van der Waals surface area contributed by atoms with Crippen molar-refractivity contribution >= 4 is 12.2 Å². The SMILES string of the molecule is C=Cc1ccc(CN2CCC(CC3CCN(Cc4ccc(C=C)cc4)CC3)CC2)cc1. The Hall–Kier alpha value is -2.16. The van der Waals surface area contributed by atoms with Gasteiger partial charge >= 0.3 is 0 Å². The minimum Gasteiger partial charge on any atom is -0.299 e. The van der Waals surface area contributed by atoms with E-state index in [1.807, 2.05) is 12.2 Å². The third-order valence-electron chi connectivity index (χ3n) is 7.32. The number of piperidine rings is 2. The summed E-state index contributed by atoms with van der Waals surface area (Å²) in [5.41, 5.74) is 5.27. The molecule has 31 heavy (non-hydrogen) atoms. The molecule has 4 rings (SSSR count). The largest absolute Gasteiger partial charge is 0.299 e. The lowest BCUT2D eigenvalue weighted by molar-refractivity contribution is 0.127. The van der Waals surface area contributed by atoms with Crippen LogP contribution in [0.3, 0.4) is 0 Å². The maximum absolute atomic E-state index is 3.84. The molecule has 0 saturated carbocycles. The second kappa shape index (κ2) is 10.9. The highest BCUT2D eigenvalue weighted by Gasteiger charge is 2.25. The van der Waals surface area contributed by atoms with Gasteiger partial charge in [-0.15, -0.1) is 0 Å². The molecule has 2 heteroatoms. The van der Waals surface area contributed by atoms with Crippen LogP contribution in [0.2, 0.25) is 0 Å². The lowest BCUT2D eigenvalue weighted by atomic mass is 9.82. The fourth-order valence-electron chi connectivity index (χ4n) is 5.27. The highest BCUT2D eigenvalue weighted by Crippen LogP contribution is 2.30. The van der Waals surface area contributed by atoms with E-state index in [1.54, 1.807) is 0 Å². The van der Waals surface area contributed by atoms with E-state index in [9.17, 15) is 0 Å². The van der Waals surface area contributed by atoms with Crippen molar-refractivity contribution in [2.75, 3.05) is 26.2 Å². The van der Waals surface area contributed by atoms with Crippen molar-refractivity contribution < 1.29 is 0 Å². The predicted molar refractivity (Wildman–Crippen MR) is 134 cm³/mol. The van der Waals surface area contributed by atoms with Gasteiger partial charge in [0.15, 0.2) is 0 Å². The van der Waals surface area contributed by atoms with E-state index in [1.165, 1.54) is 80.5 Å². The summed E-state index contributed by atoms with van der Waals surface area (Å²) in [5, 5.41) is 0. The van der Waals surface area contributed by atoms with E-state index in [-0.39, 0.29) is 0 Å². The normalized spacial score (nSPS) is 19.4. The number of rotatable bonds is 8. The van der Waals surface area contributed by atoms with E-state index in [0.717, 1.165) is 24.9 Å². The van der Waals surface area contributed by atoms with E-state index >= 15 is 0 Å². The van der Waals surface area contributed by atoms with Gasteiger partial charge in [0.1, 0.15) is 0 Å². The summed E-state index contributed by atoms with van der Waals surface area (Å²) < 4.78 is 0. The van der Waals surface area contributed by atoms with E-state index < -0.39 is 0 Å². The van der Waals surface area contributed by atoms with E-state index in [0.29, 0.717) is 0 Å². The summed E-state index contributed by atoms with van der Waals surface area (Å²) in [6.07, 6.45) is 10.8. The molecule has 0 N–H and O–H groups in total. The molecule has 0 unspecified atom stereocenters. The monoisotopic (exact) mass is 414 g/mol. The second-order valence-corrected chi connectivity index (χ2v) is 9.57. The van der Waals surface area contributed by atoms with E-state index in [2.05, 4.69) is 71.5 Å². The first-order chi connectivity index (χ1) is 15.2. The standard InChI is InChI=1S/C29H38N2/c1-3-24-5-9-28(10-6-24)22-30-17-13-26(14-18-30)21-27-15-19-31(20-16-27)23-29-11-7-25(4-2)8-12-29/h3-12,26-27H,1-2,13-23H2. The van der Waals surface area contributed by atoms with Crippen LogP contribution in [0.5, 0.6) is 0 Å². The molecule has 2 aromatic rings. The Morgan fingerprint density at radius 3 is 1.29 bits per heavy atom. The Bertz CT molecular complexity index is 749. The molecule has 2 aliphatic heterocycles. The zero-order valence-corrected chi connectivity index (χ0v) is 19.0. The molecule has 0 aromatic heterocycles. The maximum atomic E-state index is 3.84. The van der Waals surface area contributed by atoms with Crippen molar-refractivity contribution in [3.05, 3.63) is 83.9 Å². The smallest absolute Gasteiger partial charge is 0.0233 e. The number of hydrogen-bond donors (Lipinski definition) is 0. The number of benzene rings is 2. The lowest BCUT2D eigenvalue weighted by Crippen LogP contribution is -2.36. The van der Waals surface area contributed by atoms with Gasteiger partial charge in [0.25, 0.3) is 0 Å². The highest BCUT2D eigenvalue weighted by atomic mass is 15.1. The van der Waals surface area contributed by atoms with Crippen LogP contribution in [0.1, 0.15) is 54.4 Å². The zero-order chi connectivity index (χ0) is 21.5. The molecule has 2 fully saturated rings. The van der Waals surface area contributed by atoms with Gasteiger partial charge in [-0.2, -0.15) is 0 Å². The molecule has 0 amide bonds. The molecule has 2 nitrogen and oxygen atoms in total. The van der Waals surface area contributed by atoms with Crippen molar-refractivity contribution in [1.82, 2.24) is 9.80 Å². The molecular formula is C29H38N2. The molecule has 0 aliphatic carbocycles. The average molecular weight is 415 g/mol. The van der Waals surface area contributed by atoms with Crippen LogP contribution in [0.15, 0.2) is 61.7 Å². The molecule has 0 spiro atoms. The maximum Gasteiger partial charge on any atom is 0.0233 e. The molecule has 0 bridgehead atoms. The van der Waals surface area contributed by atoms with Crippen molar-refractivity contribution in [1.29, 1.82) is 0 Å². The van der Waals surface area contributed by atoms with Gasteiger partial charge in [-0.25, -0.2) is 0 Å². The molecule has 2 aromatic carbocycles. The number of likely N-dealkylation sites (tertiary alicyclic amines) is 2. The summed E-state index contributed by atoms with van der Waals surface area (Å²) in [6.45, 7) is 14.9. The van der Waals surface area contributed by atoms with Crippen molar-refractivity contribution in [3.63, 3.8) is 0 Å². The van der Waals surface area contributed by atoms with Gasteiger partial charge < -0.3 is 0 Å². The molecule has 164 valence electrons. The molecule has 0 radical (unpaired) electrons. The van der Waals surface area contributed by atoms with Gasteiger partial charge in [0, 0.05) is 13.1 Å². The topological polar surface area (TPSA) is 6.48 Å². The number of nitrogens with zero attached hydrogens (tertiary/aromatic N) is 2. The van der Waals surface area contributed by atoms with Gasteiger partial charge in [-0.3, -0.25) is 9.80 Å². The van der Waals surface area contributed by atoms with Crippen LogP contribution in [-0.4, -0.2) is 36.0 Å². The van der Waals surface area contributed by atoms with Gasteiger partial charge in [0.2, 0.25) is 0 Å². The van der Waals surface area contributed by atoms with Crippen LogP contribution < -0.4 is 0 Å². The first-order valence-corrected chi connectivity index (χ1v) is 12.1. The third-order valence-corrected chi connectivity index (χ3v) is 7.32. The fourth-order valence-corrected chi connectivity index (χ4v) is 5.27. The Kier molecular flexibility index (Phi) is 7.77.